The van der Waals surface area contributed by atoms with Gasteiger partial charge in [0, 0.05) is 24.0 Å². The summed E-state index contributed by atoms with van der Waals surface area (Å²) in [6, 6.07) is 16.5. The molecule has 152 valence electrons. The van der Waals surface area contributed by atoms with Crippen molar-refractivity contribution in [2.24, 2.45) is 0 Å². The molecule has 1 heterocycles. The van der Waals surface area contributed by atoms with Crippen LogP contribution >= 0.6 is 0 Å². The molecule has 2 unspecified atom stereocenters. The van der Waals surface area contributed by atoms with Gasteiger partial charge in [-0.05, 0) is 68.8 Å². The minimum atomic E-state index is -0.0389. The Morgan fingerprint density at radius 2 is 1.96 bits per heavy atom. The number of nitrogens with zero attached hydrogens (tertiary/aromatic N) is 1. The molecule has 28 heavy (non-hydrogen) atoms. The number of aryl methyl sites for hydroxylation is 1. The molecule has 3 atom stereocenters. The maximum atomic E-state index is 10.2. The molecule has 0 aromatic heterocycles. The quantitative estimate of drug-likeness (QED) is 0.711. The van der Waals surface area contributed by atoms with Gasteiger partial charge in [-0.25, -0.2) is 0 Å². The van der Waals surface area contributed by atoms with Gasteiger partial charge in [-0.3, -0.25) is 0 Å². The van der Waals surface area contributed by atoms with Crippen LogP contribution in [0, 0.1) is 0 Å². The zero-order valence-electron chi connectivity index (χ0n) is 17.6. The van der Waals surface area contributed by atoms with E-state index in [4.69, 9.17) is 4.74 Å². The molecule has 0 radical (unpaired) electrons. The van der Waals surface area contributed by atoms with E-state index >= 15 is 0 Å². The second kappa shape index (κ2) is 8.97. The summed E-state index contributed by atoms with van der Waals surface area (Å²) in [6.07, 6.45) is 2.03. The van der Waals surface area contributed by atoms with Crippen molar-refractivity contribution < 1.29 is 9.84 Å². The first-order chi connectivity index (χ1) is 13.5. The number of para-hydroxylation sites is 1. The molecule has 0 spiro atoms. The third-order valence-corrected chi connectivity index (χ3v) is 6.42. The van der Waals surface area contributed by atoms with Crippen molar-refractivity contribution >= 4 is 0 Å². The lowest BCUT2D eigenvalue weighted by Crippen LogP contribution is -2.62. The fraction of sp³-hybridized carbons (Fsp3) is 0.500. The molecule has 1 aliphatic heterocycles. The first-order valence-electron chi connectivity index (χ1n) is 10.4. The first-order valence-corrected chi connectivity index (χ1v) is 10.4. The van der Waals surface area contributed by atoms with Crippen LogP contribution in [-0.4, -0.2) is 48.8 Å². The van der Waals surface area contributed by atoms with Crippen LogP contribution in [0.15, 0.2) is 48.5 Å². The highest BCUT2D eigenvalue weighted by atomic mass is 16.5. The molecule has 1 saturated heterocycles. The summed E-state index contributed by atoms with van der Waals surface area (Å²) in [5.41, 5.74) is 2.56. The number of hydrogen-bond acceptors (Lipinski definition) is 4. The largest absolute Gasteiger partial charge is 0.508 e. The standard InChI is InChI=1S/C24H34N2O2/c1-5-19-11-12-20(27)17-22(19)24(3)13-15-26(4)18(2)23(24)25-14-16-28-21-9-7-6-8-10-21/h6-12,17-18,23,25,27H,5,13-16H2,1-4H3/t18?,23-,24?/m0/s1. The lowest BCUT2D eigenvalue weighted by Gasteiger charge is -2.50. The van der Waals surface area contributed by atoms with Gasteiger partial charge in [0.15, 0.2) is 0 Å². The molecule has 4 nitrogen and oxygen atoms in total. The van der Waals surface area contributed by atoms with Crippen molar-refractivity contribution in [3.8, 4) is 11.5 Å². The van der Waals surface area contributed by atoms with Gasteiger partial charge in [0.1, 0.15) is 18.1 Å². The number of likely N-dealkylation sites (N-methyl/N-ethyl adjacent to an activating group) is 1. The van der Waals surface area contributed by atoms with Crippen LogP contribution in [0.3, 0.4) is 0 Å². The summed E-state index contributed by atoms with van der Waals surface area (Å²) in [6.45, 7) is 9.30. The summed E-state index contributed by atoms with van der Waals surface area (Å²) < 4.78 is 5.88. The average Bonchev–Trinajstić information content (AvgIpc) is 2.71. The second-order valence-corrected chi connectivity index (χ2v) is 8.18. The predicted octanol–water partition coefficient (Wildman–Crippen LogP) is 3.97. The first kappa shape index (κ1) is 20.7. The van der Waals surface area contributed by atoms with Gasteiger partial charge in [-0.1, -0.05) is 38.1 Å². The number of rotatable bonds is 7. The molecule has 0 amide bonds. The zero-order valence-corrected chi connectivity index (χ0v) is 17.6. The molecular formula is C24H34N2O2. The molecule has 2 N–H and O–H groups in total. The van der Waals surface area contributed by atoms with E-state index in [0.29, 0.717) is 18.4 Å². The molecule has 0 saturated carbocycles. The number of nitrogens with one attached hydrogen (secondary N) is 1. The van der Waals surface area contributed by atoms with Gasteiger partial charge in [-0.2, -0.15) is 0 Å². The highest BCUT2D eigenvalue weighted by Crippen LogP contribution is 2.40. The van der Waals surface area contributed by atoms with Crippen molar-refractivity contribution in [2.75, 3.05) is 26.7 Å². The minimum Gasteiger partial charge on any atom is -0.508 e. The van der Waals surface area contributed by atoms with Crippen LogP contribution in [0.1, 0.15) is 38.3 Å². The number of ether oxygens (including phenoxy) is 1. The number of hydrogen-bond donors (Lipinski definition) is 2. The van der Waals surface area contributed by atoms with Crippen LogP contribution in [0.2, 0.25) is 0 Å². The minimum absolute atomic E-state index is 0.0389. The Morgan fingerprint density at radius 1 is 1.21 bits per heavy atom. The fourth-order valence-corrected chi connectivity index (χ4v) is 4.56. The Labute approximate surface area is 169 Å². The highest BCUT2D eigenvalue weighted by molar-refractivity contribution is 5.42. The van der Waals surface area contributed by atoms with E-state index in [1.54, 1.807) is 6.07 Å². The second-order valence-electron chi connectivity index (χ2n) is 8.18. The average molecular weight is 383 g/mol. The van der Waals surface area contributed by atoms with E-state index in [2.05, 4.69) is 44.1 Å². The van der Waals surface area contributed by atoms with Gasteiger partial charge in [0.05, 0.1) is 0 Å². The monoisotopic (exact) mass is 382 g/mol. The summed E-state index contributed by atoms with van der Waals surface area (Å²) in [7, 11) is 2.20. The van der Waals surface area contributed by atoms with Crippen LogP contribution in [0.25, 0.3) is 0 Å². The molecule has 2 aromatic rings. The number of aromatic hydroxyl groups is 1. The molecule has 2 aromatic carbocycles. The Bertz CT molecular complexity index is 764. The van der Waals surface area contributed by atoms with E-state index in [1.807, 2.05) is 36.4 Å². The molecule has 1 fully saturated rings. The number of phenolic OH excluding ortho intramolecular Hbond substituents is 1. The van der Waals surface area contributed by atoms with Gasteiger partial charge in [-0.15, -0.1) is 0 Å². The number of phenols is 1. The third kappa shape index (κ3) is 4.34. The Kier molecular flexibility index (Phi) is 6.63. The smallest absolute Gasteiger partial charge is 0.119 e. The SMILES string of the molecule is CCc1ccc(O)cc1C1(C)CCN(C)C(C)[C@@H]1NCCOc1ccccc1. The highest BCUT2D eigenvalue weighted by Gasteiger charge is 2.44. The Morgan fingerprint density at radius 3 is 2.68 bits per heavy atom. The van der Waals surface area contributed by atoms with Crippen molar-refractivity contribution in [3.63, 3.8) is 0 Å². The Balaban J connectivity index is 1.77. The number of likely N-dealkylation sites (tertiary alicyclic amines) is 1. The third-order valence-electron chi connectivity index (χ3n) is 6.42. The molecular weight excluding hydrogens is 348 g/mol. The number of piperidine rings is 1. The van der Waals surface area contributed by atoms with E-state index in [0.717, 1.165) is 31.7 Å². The van der Waals surface area contributed by atoms with E-state index < -0.39 is 0 Å². The van der Waals surface area contributed by atoms with Crippen LogP contribution in [-0.2, 0) is 11.8 Å². The normalized spacial score (nSPS) is 25.6. The van der Waals surface area contributed by atoms with Crippen molar-refractivity contribution in [2.45, 2.75) is 51.1 Å². The molecule has 1 aliphatic rings. The maximum Gasteiger partial charge on any atom is 0.119 e. The molecule has 4 heteroatoms. The summed E-state index contributed by atoms with van der Waals surface area (Å²) >= 11 is 0. The predicted molar refractivity (Wildman–Crippen MR) is 115 cm³/mol. The Hall–Kier alpha value is -2.04. The summed E-state index contributed by atoms with van der Waals surface area (Å²) in [4.78, 5) is 2.42. The van der Waals surface area contributed by atoms with E-state index in [1.165, 1.54) is 11.1 Å². The molecule has 0 aliphatic carbocycles. The molecule has 3 rings (SSSR count). The van der Waals surface area contributed by atoms with Crippen LogP contribution in [0.4, 0.5) is 0 Å². The summed E-state index contributed by atoms with van der Waals surface area (Å²) in [5.74, 6) is 1.26. The van der Waals surface area contributed by atoms with Gasteiger partial charge in [0.2, 0.25) is 0 Å². The topological polar surface area (TPSA) is 44.7 Å². The lowest BCUT2D eigenvalue weighted by molar-refractivity contribution is 0.0858. The van der Waals surface area contributed by atoms with Crippen LogP contribution < -0.4 is 10.1 Å². The number of benzene rings is 2. The van der Waals surface area contributed by atoms with Crippen molar-refractivity contribution in [3.05, 3.63) is 59.7 Å². The fourth-order valence-electron chi connectivity index (χ4n) is 4.56. The maximum absolute atomic E-state index is 10.2. The lowest BCUT2D eigenvalue weighted by atomic mass is 9.67. The summed E-state index contributed by atoms with van der Waals surface area (Å²) in [5, 5.41) is 14.0. The van der Waals surface area contributed by atoms with Gasteiger partial charge in [0.25, 0.3) is 0 Å². The van der Waals surface area contributed by atoms with E-state index in [9.17, 15) is 5.11 Å². The van der Waals surface area contributed by atoms with Crippen molar-refractivity contribution in [1.82, 2.24) is 10.2 Å². The zero-order chi connectivity index (χ0) is 20.1. The molecule has 0 bridgehead atoms. The van der Waals surface area contributed by atoms with Crippen molar-refractivity contribution in [1.29, 1.82) is 0 Å². The van der Waals surface area contributed by atoms with Gasteiger partial charge >= 0.3 is 0 Å². The van der Waals surface area contributed by atoms with Crippen LogP contribution in [0.5, 0.6) is 11.5 Å². The van der Waals surface area contributed by atoms with E-state index in [-0.39, 0.29) is 11.5 Å². The van der Waals surface area contributed by atoms with Gasteiger partial charge < -0.3 is 20.1 Å².